The fourth-order valence-corrected chi connectivity index (χ4v) is 4.70. The van der Waals surface area contributed by atoms with Gasteiger partial charge in [0.2, 0.25) is 0 Å². The molecule has 3 nitrogen and oxygen atoms in total. The highest BCUT2D eigenvalue weighted by molar-refractivity contribution is 7.11. The van der Waals surface area contributed by atoms with Gasteiger partial charge in [-0.25, -0.2) is 0 Å². The van der Waals surface area contributed by atoms with Crippen molar-refractivity contribution in [3.05, 3.63) is 21.9 Å². The lowest BCUT2D eigenvalue weighted by atomic mass is 9.97. The summed E-state index contributed by atoms with van der Waals surface area (Å²) in [4.78, 5) is 8.43. The van der Waals surface area contributed by atoms with Gasteiger partial charge in [-0.1, -0.05) is 13.3 Å². The normalized spacial score (nSPS) is 27.7. The van der Waals surface area contributed by atoms with Crippen molar-refractivity contribution in [3.8, 4) is 0 Å². The van der Waals surface area contributed by atoms with Gasteiger partial charge in [0.1, 0.15) is 0 Å². The van der Waals surface area contributed by atoms with E-state index in [-0.39, 0.29) is 0 Å². The van der Waals surface area contributed by atoms with Crippen molar-refractivity contribution in [1.82, 2.24) is 15.1 Å². The van der Waals surface area contributed by atoms with E-state index in [9.17, 15) is 0 Å². The van der Waals surface area contributed by atoms with Gasteiger partial charge in [-0.05, 0) is 45.0 Å². The first-order chi connectivity index (χ1) is 10.3. The molecule has 0 amide bonds. The van der Waals surface area contributed by atoms with Crippen LogP contribution in [0.25, 0.3) is 0 Å². The fraction of sp³-hybridized carbons (Fsp3) is 0.765. The number of nitrogens with one attached hydrogen (secondary N) is 1. The summed E-state index contributed by atoms with van der Waals surface area (Å²) in [6, 6.07) is 6.14. The molecule has 2 atom stereocenters. The Hall–Kier alpha value is -0.420. The van der Waals surface area contributed by atoms with Crippen molar-refractivity contribution >= 4 is 11.3 Å². The van der Waals surface area contributed by atoms with Gasteiger partial charge in [0.25, 0.3) is 0 Å². The molecular formula is C17H29N3S. The average molecular weight is 308 g/mol. The molecule has 0 bridgehead atoms. The maximum absolute atomic E-state index is 3.42. The largest absolute Gasteiger partial charge is 0.312 e. The smallest absolute Gasteiger partial charge is 0.0332 e. The van der Waals surface area contributed by atoms with E-state index in [1.54, 1.807) is 0 Å². The van der Waals surface area contributed by atoms with E-state index in [1.807, 2.05) is 11.3 Å². The van der Waals surface area contributed by atoms with E-state index >= 15 is 0 Å². The quantitative estimate of drug-likeness (QED) is 0.902. The van der Waals surface area contributed by atoms with Gasteiger partial charge in [-0.15, -0.1) is 11.3 Å². The molecule has 0 spiro atoms. The zero-order valence-electron chi connectivity index (χ0n) is 13.5. The van der Waals surface area contributed by atoms with Gasteiger partial charge in [-0.2, -0.15) is 0 Å². The second kappa shape index (κ2) is 7.23. The summed E-state index contributed by atoms with van der Waals surface area (Å²) in [6.45, 7) is 11.6. The highest BCUT2D eigenvalue weighted by atomic mass is 32.1. The van der Waals surface area contributed by atoms with E-state index in [0.29, 0.717) is 6.04 Å². The Labute approximate surface area is 133 Å². The summed E-state index contributed by atoms with van der Waals surface area (Å²) in [6.07, 6.45) is 4.23. The lowest BCUT2D eigenvalue weighted by Gasteiger charge is -2.47. The van der Waals surface area contributed by atoms with Crippen molar-refractivity contribution in [2.45, 2.75) is 58.3 Å². The minimum absolute atomic E-state index is 0.693. The monoisotopic (exact) mass is 307 g/mol. The Bertz CT molecular complexity index is 445. The molecule has 2 aliphatic rings. The number of rotatable bonds is 5. The summed E-state index contributed by atoms with van der Waals surface area (Å²) in [7, 11) is 0. The molecule has 0 radical (unpaired) electrons. The standard InChI is InChI=1S/C17H29N3S/c1-3-18-10-16-7-8-17(21-16)13-20-12-15-6-4-5-9-19(15)11-14(20)2/h7-8,14-15,18H,3-6,9-13H2,1-2H3. The van der Waals surface area contributed by atoms with E-state index in [0.717, 1.165) is 25.7 Å². The van der Waals surface area contributed by atoms with Crippen LogP contribution < -0.4 is 5.32 Å². The summed E-state index contributed by atoms with van der Waals surface area (Å²) < 4.78 is 0. The Morgan fingerprint density at radius 3 is 2.95 bits per heavy atom. The van der Waals surface area contributed by atoms with E-state index < -0.39 is 0 Å². The molecule has 3 heterocycles. The molecule has 1 aromatic rings. The third kappa shape index (κ3) is 3.86. The highest BCUT2D eigenvalue weighted by Crippen LogP contribution is 2.26. The van der Waals surface area contributed by atoms with Gasteiger partial charge < -0.3 is 5.32 Å². The van der Waals surface area contributed by atoms with Crippen LogP contribution in [-0.4, -0.2) is 48.1 Å². The molecule has 2 unspecified atom stereocenters. The van der Waals surface area contributed by atoms with Crippen LogP contribution in [0.4, 0.5) is 0 Å². The van der Waals surface area contributed by atoms with Crippen molar-refractivity contribution in [2.75, 3.05) is 26.2 Å². The van der Waals surface area contributed by atoms with E-state index in [1.165, 1.54) is 48.7 Å². The van der Waals surface area contributed by atoms with Gasteiger partial charge in [0, 0.05) is 48.0 Å². The topological polar surface area (TPSA) is 18.5 Å². The Morgan fingerprint density at radius 1 is 1.24 bits per heavy atom. The van der Waals surface area contributed by atoms with Crippen LogP contribution in [0.15, 0.2) is 12.1 Å². The fourth-order valence-electron chi connectivity index (χ4n) is 3.68. The molecule has 118 valence electrons. The first kappa shape index (κ1) is 15.5. The predicted molar refractivity (Wildman–Crippen MR) is 90.8 cm³/mol. The molecular weight excluding hydrogens is 278 g/mol. The number of hydrogen-bond donors (Lipinski definition) is 1. The maximum Gasteiger partial charge on any atom is 0.0332 e. The first-order valence-electron chi connectivity index (χ1n) is 8.52. The van der Waals surface area contributed by atoms with Crippen LogP contribution in [0.1, 0.15) is 42.9 Å². The van der Waals surface area contributed by atoms with Crippen molar-refractivity contribution < 1.29 is 0 Å². The minimum Gasteiger partial charge on any atom is -0.312 e. The zero-order valence-corrected chi connectivity index (χ0v) is 14.3. The molecule has 1 aromatic heterocycles. The van der Waals surface area contributed by atoms with Crippen molar-refractivity contribution in [3.63, 3.8) is 0 Å². The van der Waals surface area contributed by atoms with Gasteiger partial charge >= 0.3 is 0 Å². The molecule has 21 heavy (non-hydrogen) atoms. The number of thiophene rings is 1. The second-order valence-electron chi connectivity index (χ2n) is 6.57. The van der Waals surface area contributed by atoms with Crippen LogP contribution in [0.2, 0.25) is 0 Å². The molecule has 2 saturated heterocycles. The first-order valence-corrected chi connectivity index (χ1v) is 9.34. The molecule has 0 saturated carbocycles. The summed E-state index contributed by atoms with van der Waals surface area (Å²) >= 11 is 1.98. The average Bonchev–Trinajstić information content (AvgIpc) is 2.93. The lowest BCUT2D eigenvalue weighted by Crippen LogP contribution is -2.58. The molecule has 2 aliphatic heterocycles. The van der Waals surface area contributed by atoms with E-state index in [2.05, 4.69) is 41.1 Å². The van der Waals surface area contributed by atoms with Crippen LogP contribution in [0.3, 0.4) is 0 Å². The Morgan fingerprint density at radius 2 is 2.10 bits per heavy atom. The third-order valence-corrected chi connectivity index (χ3v) is 6.01. The molecule has 0 aromatic carbocycles. The Kier molecular flexibility index (Phi) is 5.33. The van der Waals surface area contributed by atoms with Crippen LogP contribution in [0, 0.1) is 0 Å². The van der Waals surface area contributed by atoms with Crippen LogP contribution in [0.5, 0.6) is 0 Å². The summed E-state index contributed by atoms with van der Waals surface area (Å²) in [5, 5.41) is 3.42. The summed E-state index contributed by atoms with van der Waals surface area (Å²) in [5.41, 5.74) is 0. The molecule has 2 fully saturated rings. The number of piperazine rings is 1. The molecule has 4 heteroatoms. The van der Waals surface area contributed by atoms with Gasteiger partial charge in [-0.3, -0.25) is 9.80 Å². The maximum atomic E-state index is 3.42. The number of piperidine rings is 1. The Balaban J connectivity index is 1.57. The number of hydrogen-bond acceptors (Lipinski definition) is 4. The predicted octanol–water partition coefficient (Wildman–Crippen LogP) is 2.92. The third-order valence-electron chi connectivity index (χ3n) is 4.94. The molecule has 0 aliphatic carbocycles. The second-order valence-corrected chi connectivity index (χ2v) is 7.82. The highest BCUT2D eigenvalue weighted by Gasteiger charge is 2.32. The zero-order chi connectivity index (χ0) is 14.7. The van der Waals surface area contributed by atoms with Gasteiger partial charge in [0.15, 0.2) is 0 Å². The summed E-state index contributed by atoms with van der Waals surface area (Å²) in [5.74, 6) is 0. The molecule has 3 rings (SSSR count). The van der Waals surface area contributed by atoms with Crippen LogP contribution >= 0.6 is 11.3 Å². The molecule has 1 N–H and O–H groups in total. The van der Waals surface area contributed by atoms with Gasteiger partial charge in [0.05, 0.1) is 0 Å². The van der Waals surface area contributed by atoms with Crippen molar-refractivity contribution in [1.29, 1.82) is 0 Å². The van der Waals surface area contributed by atoms with Crippen LogP contribution in [-0.2, 0) is 13.1 Å². The van der Waals surface area contributed by atoms with E-state index in [4.69, 9.17) is 0 Å². The number of fused-ring (bicyclic) bond motifs is 1. The lowest BCUT2D eigenvalue weighted by molar-refractivity contribution is 0.0116. The number of nitrogens with zero attached hydrogens (tertiary/aromatic N) is 2. The SMILES string of the molecule is CCNCc1ccc(CN2CC3CCCCN3CC2C)s1. The van der Waals surface area contributed by atoms with Crippen molar-refractivity contribution in [2.24, 2.45) is 0 Å². The minimum atomic E-state index is 0.693.